The van der Waals surface area contributed by atoms with E-state index in [0.29, 0.717) is 18.3 Å². The SMILES string of the molecule is Cc1cc2nc(C(C)C)cc(NCc3nc(N)n[nH]3)n2n1. The first-order chi connectivity index (χ1) is 10.0. The zero-order valence-electron chi connectivity index (χ0n) is 12.3. The van der Waals surface area contributed by atoms with Crippen LogP contribution in [-0.2, 0) is 6.54 Å². The van der Waals surface area contributed by atoms with Crippen LogP contribution in [0.3, 0.4) is 0 Å². The van der Waals surface area contributed by atoms with Gasteiger partial charge in [-0.3, -0.25) is 5.10 Å². The smallest absolute Gasteiger partial charge is 0.239 e. The summed E-state index contributed by atoms with van der Waals surface area (Å²) in [4.78, 5) is 8.69. The van der Waals surface area contributed by atoms with Crippen molar-refractivity contribution in [2.45, 2.75) is 33.2 Å². The molecular formula is C13H18N8. The number of aromatic amines is 1. The van der Waals surface area contributed by atoms with Gasteiger partial charge in [-0.15, -0.1) is 5.10 Å². The van der Waals surface area contributed by atoms with Crippen LogP contribution in [-0.4, -0.2) is 29.8 Å². The Hall–Kier alpha value is -2.64. The molecule has 0 spiro atoms. The third-order valence-electron chi connectivity index (χ3n) is 3.15. The fourth-order valence-electron chi connectivity index (χ4n) is 2.09. The van der Waals surface area contributed by atoms with Gasteiger partial charge in [0.15, 0.2) is 5.65 Å². The lowest BCUT2D eigenvalue weighted by Gasteiger charge is -2.11. The van der Waals surface area contributed by atoms with Crippen LogP contribution in [0.15, 0.2) is 12.1 Å². The highest BCUT2D eigenvalue weighted by molar-refractivity contribution is 5.51. The van der Waals surface area contributed by atoms with Crippen LogP contribution in [0, 0.1) is 6.92 Å². The molecule has 0 saturated heterocycles. The highest BCUT2D eigenvalue weighted by atomic mass is 15.3. The monoisotopic (exact) mass is 286 g/mol. The van der Waals surface area contributed by atoms with Crippen LogP contribution in [0.5, 0.6) is 0 Å². The van der Waals surface area contributed by atoms with Gasteiger partial charge in [-0.2, -0.15) is 14.6 Å². The number of nitrogens with zero attached hydrogens (tertiary/aromatic N) is 5. The molecule has 3 aromatic heterocycles. The summed E-state index contributed by atoms with van der Waals surface area (Å²) in [7, 11) is 0. The summed E-state index contributed by atoms with van der Waals surface area (Å²) in [6.07, 6.45) is 0. The van der Waals surface area contributed by atoms with E-state index in [1.54, 1.807) is 4.52 Å². The molecule has 0 aliphatic carbocycles. The van der Waals surface area contributed by atoms with Gasteiger partial charge in [-0.1, -0.05) is 13.8 Å². The first-order valence-corrected chi connectivity index (χ1v) is 6.81. The molecule has 0 saturated carbocycles. The van der Waals surface area contributed by atoms with Gasteiger partial charge < -0.3 is 11.1 Å². The van der Waals surface area contributed by atoms with Gasteiger partial charge in [0, 0.05) is 17.8 Å². The molecule has 3 aromatic rings. The molecule has 4 N–H and O–H groups in total. The van der Waals surface area contributed by atoms with Crippen molar-refractivity contribution in [3.05, 3.63) is 29.3 Å². The summed E-state index contributed by atoms with van der Waals surface area (Å²) >= 11 is 0. The number of nitrogens with one attached hydrogen (secondary N) is 2. The van der Waals surface area contributed by atoms with Crippen molar-refractivity contribution >= 4 is 17.4 Å². The Morgan fingerprint density at radius 3 is 2.81 bits per heavy atom. The lowest BCUT2D eigenvalue weighted by Crippen LogP contribution is -2.09. The fraction of sp³-hybridized carbons (Fsp3) is 0.385. The second-order valence-electron chi connectivity index (χ2n) is 5.27. The Labute approximate surface area is 121 Å². The number of fused-ring (bicyclic) bond motifs is 1. The van der Waals surface area contributed by atoms with Gasteiger partial charge in [0.2, 0.25) is 5.95 Å². The minimum atomic E-state index is 0.240. The van der Waals surface area contributed by atoms with Crippen LogP contribution in [0.25, 0.3) is 5.65 Å². The van der Waals surface area contributed by atoms with E-state index in [1.165, 1.54) is 0 Å². The van der Waals surface area contributed by atoms with Crippen LogP contribution in [0.2, 0.25) is 0 Å². The molecular weight excluding hydrogens is 268 g/mol. The van der Waals surface area contributed by atoms with Gasteiger partial charge in [0.05, 0.1) is 12.2 Å². The Morgan fingerprint density at radius 1 is 1.33 bits per heavy atom. The average molecular weight is 286 g/mol. The number of aryl methyl sites for hydroxylation is 1. The highest BCUT2D eigenvalue weighted by Gasteiger charge is 2.11. The van der Waals surface area contributed by atoms with E-state index in [0.717, 1.165) is 22.9 Å². The van der Waals surface area contributed by atoms with Crippen molar-refractivity contribution in [3.8, 4) is 0 Å². The zero-order valence-corrected chi connectivity index (χ0v) is 12.3. The lowest BCUT2D eigenvalue weighted by atomic mass is 10.1. The predicted octanol–water partition coefficient (Wildman–Crippen LogP) is 1.47. The summed E-state index contributed by atoms with van der Waals surface area (Å²) in [5.74, 6) is 2.12. The highest BCUT2D eigenvalue weighted by Crippen LogP contribution is 2.19. The molecule has 0 aromatic carbocycles. The number of hydrogen-bond acceptors (Lipinski definition) is 6. The maximum absolute atomic E-state index is 5.50. The van der Waals surface area contributed by atoms with Gasteiger partial charge in [0.25, 0.3) is 0 Å². The van der Waals surface area contributed by atoms with Crippen LogP contribution < -0.4 is 11.1 Å². The number of hydrogen-bond donors (Lipinski definition) is 3. The lowest BCUT2D eigenvalue weighted by molar-refractivity contribution is 0.804. The van der Waals surface area contributed by atoms with Crippen LogP contribution in [0.1, 0.15) is 37.0 Å². The predicted molar refractivity (Wildman–Crippen MR) is 79.9 cm³/mol. The molecule has 0 amide bonds. The average Bonchev–Trinajstić information content (AvgIpc) is 3.00. The van der Waals surface area contributed by atoms with Gasteiger partial charge >= 0.3 is 0 Å². The molecule has 3 rings (SSSR count). The summed E-state index contributed by atoms with van der Waals surface area (Å²) < 4.78 is 1.79. The van der Waals surface area contributed by atoms with Gasteiger partial charge in [-0.05, 0) is 12.8 Å². The summed E-state index contributed by atoms with van der Waals surface area (Å²) in [5.41, 5.74) is 8.27. The van der Waals surface area contributed by atoms with E-state index in [4.69, 9.17) is 5.73 Å². The maximum Gasteiger partial charge on any atom is 0.239 e. The number of rotatable bonds is 4. The molecule has 0 radical (unpaired) electrons. The maximum atomic E-state index is 5.50. The van der Waals surface area contributed by atoms with Crippen molar-refractivity contribution in [2.75, 3.05) is 11.1 Å². The minimum Gasteiger partial charge on any atom is -0.367 e. The quantitative estimate of drug-likeness (QED) is 0.670. The van der Waals surface area contributed by atoms with Gasteiger partial charge in [-0.25, -0.2) is 4.98 Å². The molecule has 21 heavy (non-hydrogen) atoms. The number of nitrogen functional groups attached to an aromatic ring is 1. The van der Waals surface area contributed by atoms with E-state index >= 15 is 0 Å². The first-order valence-electron chi connectivity index (χ1n) is 6.81. The topological polar surface area (TPSA) is 110 Å². The van der Waals surface area contributed by atoms with Crippen molar-refractivity contribution in [3.63, 3.8) is 0 Å². The molecule has 0 aliphatic rings. The Bertz CT molecular complexity index is 770. The van der Waals surface area contributed by atoms with E-state index < -0.39 is 0 Å². The number of aromatic nitrogens is 6. The first kappa shape index (κ1) is 13.3. The number of nitrogens with two attached hydrogens (primary N) is 1. The van der Waals surface area contributed by atoms with E-state index in [1.807, 2.05) is 19.1 Å². The van der Waals surface area contributed by atoms with Crippen molar-refractivity contribution < 1.29 is 0 Å². The molecule has 110 valence electrons. The number of H-pyrrole nitrogens is 1. The normalized spacial score (nSPS) is 11.4. The molecule has 8 nitrogen and oxygen atoms in total. The minimum absolute atomic E-state index is 0.240. The van der Waals surface area contributed by atoms with Crippen molar-refractivity contribution in [1.82, 2.24) is 29.8 Å². The molecule has 8 heteroatoms. The van der Waals surface area contributed by atoms with Crippen molar-refractivity contribution in [1.29, 1.82) is 0 Å². The number of anilines is 2. The summed E-state index contributed by atoms with van der Waals surface area (Å²) in [5, 5.41) is 14.3. The molecule has 0 aliphatic heterocycles. The Balaban J connectivity index is 1.95. The van der Waals surface area contributed by atoms with E-state index in [9.17, 15) is 0 Å². The van der Waals surface area contributed by atoms with Gasteiger partial charge in [0.1, 0.15) is 11.6 Å². The molecule has 0 fully saturated rings. The zero-order chi connectivity index (χ0) is 15.0. The Morgan fingerprint density at radius 2 is 2.14 bits per heavy atom. The second kappa shape index (κ2) is 5.04. The largest absolute Gasteiger partial charge is 0.367 e. The molecule has 0 atom stereocenters. The second-order valence-corrected chi connectivity index (χ2v) is 5.27. The third kappa shape index (κ3) is 2.64. The molecule has 3 heterocycles. The Kier molecular flexibility index (Phi) is 3.20. The standard InChI is InChI=1S/C13H18N8/c1-7(2)9-5-11(15-6-10-17-13(14)19-18-10)21-12(16-9)4-8(3)20-21/h4-5,7,15H,6H2,1-3H3,(H3,14,17,18,19). The van der Waals surface area contributed by atoms with Crippen LogP contribution >= 0.6 is 0 Å². The van der Waals surface area contributed by atoms with E-state index in [-0.39, 0.29) is 5.95 Å². The van der Waals surface area contributed by atoms with Crippen molar-refractivity contribution in [2.24, 2.45) is 0 Å². The fourth-order valence-corrected chi connectivity index (χ4v) is 2.09. The third-order valence-corrected chi connectivity index (χ3v) is 3.15. The molecule has 0 bridgehead atoms. The van der Waals surface area contributed by atoms with E-state index in [2.05, 4.69) is 44.4 Å². The van der Waals surface area contributed by atoms with Crippen LogP contribution in [0.4, 0.5) is 11.8 Å². The summed E-state index contributed by atoms with van der Waals surface area (Å²) in [6.45, 7) is 6.66. The summed E-state index contributed by atoms with van der Waals surface area (Å²) in [6, 6.07) is 3.97. The molecule has 0 unspecified atom stereocenters.